The van der Waals surface area contributed by atoms with Crippen LogP contribution in [-0.4, -0.2) is 36.6 Å². The molecule has 1 atom stereocenters. The number of halogens is 1. The van der Waals surface area contributed by atoms with Gasteiger partial charge in [0.05, 0.1) is 6.10 Å². The van der Waals surface area contributed by atoms with Crippen molar-refractivity contribution in [3.8, 4) is 17.6 Å². The fourth-order valence-corrected chi connectivity index (χ4v) is 1.96. The number of aliphatic hydroxyl groups is 1. The second-order valence-corrected chi connectivity index (χ2v) is 5.03. The lowest BCUT2D eigenvalue weighted by atomic mass is 10.1. The molecular formula is C18H18FNO2. The maximum absolute atomic E-state index is 12.3. The monoisotopic (exact) mass is 299 g/mol. The van der Waals surface area contributed by atoms with E-state index in [0.717, 1.165) is 16.8 Å². The minimum Gasteiger partial charge on any atom is -0.508 e. The van der Waals surface area contributed by atoms with Gasteiger partial charge < -0.3 is 15.1 Å². The van der Waals surface area contributed by atoms with Crippen molar-refractivity contribution in [2.75, 3.05) is 25.2 Å². The van der Waals surface area contributed by atoms with Crippen LogP contribution in [0.3, 0.4) is 0 Å². The summed E-state index contributed by atoms with van der Waals surface area (Å²) in [5.74, 6) is 6.27. The molecule has 1 unspecified atom stereocenters. The molecular weight excluding hydrogens is 281 g/mol. The van der Waals surface area contributed by atoms with Gasteiger partial charge in [0.2, 0.25) is 0 Å². The first-order chi connectivity index (χ1) is 10.6. The third-order valence-corrected chi connectivity index (χ3v) is 3.19. The molecule has 0 amide bonds. The number of hydrogen-bond acceptors (Lipinski definition) is 3. The third-order valence-electron chi connectivity index (χ3n) is 3.19. The molecule has 3 nitrogen and oxygen atoms in total. The quantitative estimate of drug-likeness (QED) is 0.853. The molecule has 0 heterocycles. The first kappa shape index (κ1) is 15.9. The van der Waals surface area contributed by atoms with Crippen molar-refractivity contribution < 1.29 is 14.6 Å². The van der Waals surface area contributed by atoms with Crippen LogP contribution >= 0.6 is 0 Å². The number of aromatic hydroxyl groups is 1. The highest BCUT2D eigenvalue weighted by Gasteiger charge is 2.07. The van der Waals surface area contributed by atoms with Crippen molar-refractivity contribution in [3.05, 3.63) is 59.7 Å². The van der Waals surface area contributed by atoms with Crippen molar-refractivity contribution in [2.24, 2.45) is 0 Å². The number of phenols is 1. The fraction of sp³-hybridized carbons (Fsp3) is 0.222. The second-order valence-electron chi connectivity index (χ2n) is 5.03. The SMILES string of the molecule is CN(CC(O)CF)c1ccc(C#Cc2ccc(O)cc2)cc1. The molecule has 2 aromatic carbocycles. The summed E-state index contributed by atoms with van der Waals surface area (Å²) in [7, 11) is 1.80. The Morgan fingerprint density at radius 3 is 2.00 bits per heavy atom. The van der Waals surface area contributed by atoms with Gasteiger partial charge in [-0.05, 0) is 48.5 Å². The first-order valence-corrected chi connectivity index (χ1v) is 6.95. The summed E-state index contributed by atoms with van der Waals surface area (Å²) >= 11 is 0. The molecule has 0 aliphatic rings. The van der Waals surface area contributed by atoms with E-state index >= 15 is 0 Å². The van der Waals surface area contributed by atoms with Crippen LogP contribution in [0.4, 0.5) is 10.1 Å². The molecule has 0 saturated heterocycles. The third kappa shape index (κ3) is 4.51. The van der Waals surface area contributed by atoms with E-state index in [9.17, 15) is 14.6 Å². The minimum absolute atomic E-state index is 0.216. The van der Waals surface area contributed by atoms with Gasteiger partial charge in [-0.2, -0.15) is 0 Å². The Hall–Kier alpha value is -2.51. The highest BCUT2D eigenvalue weighted by Crippen LogP contribution is 2.14. The minimum atomic E-state index is -0.973. The van der Waals surface area contributed by atoms with E-state index in [1.54, 1.807) is 36.2 Å². The van der Waals surface area contributed by atoms with E-state index in [1.807, 2.05) is 24.3 Å². The van der Waals surface area contributed by atoms with Gasteiger partial charge in [-0.15, -0.1) is 0 Å². The number of nitrogens with zero attached hydrogens (tertiary/aromatic N) is 1. The van der Waals surface area contributed by atoms with E-state index in [4.69, 9.17) is 0 Å². The maximum Gasteiger partial charge on any atom is 0.117 e. The Balaban J connectivity index is 2.05. The number of phenolic OH excluding ortho intramolecular Hbond substituents is 1. The summed E-state index contributed by atoms with van der Waals surface area (Å²) in [5.41, 5.74) is 2.57. The van der Waals surface area contributed by atoms with E-state index in [0.29, 0.717) is 0 Å². The van der Waals surface area contributed by atoms with Crippen LogP contribution in [-0.2, 0) is 0 Å². The Kier molecular flexibility index (Phi) is 5.40. The first-order valence-electron chi connectivity index (χ1n) is 6.95. The van der Waals surface area contributed by atoms with Gasteiger partial charge in [0.25, 0.3) is 0 Å². The Labute approximate surface area is 129 Å². The summed E-state index contributed by atoms with van der Waals surface area (Å²) < 4.78 is 12.3. The Morgan fingerprint density at radius 1 is 1.00 bits per heavy atom. The van der Waals surface area contributed by atoms with Gasteiger partial charge in [-0.1, -0.05) is 11.8 Å². The molecule has 4 heteroatoms. The molecule has 0 spiro atoms. The molecule has 0 saturated carbocycles. The van der Waals surface area contributed by atoms with Gasteiger partial charge in [-0.25, -0.2) is 4.39 Å². The van der Waals surface area contributed by atoms with Gasteiger partial charge in [-0.3, -0.25) is 0 Å². The normalized spacial score (nSPS) is 11.4. The van der Waals surface area contributed by atoms with Crippen LogP contribution in [0.1, 0.15) is 11.1 Å². The number of hydrogen-bond donors (Lipinski definition) is 2. The highest BCUT2D eigenvalue weighted by molar-refractivity contribution is 5.51. The van der Waals surface area contributed by atoms with Gasteiger partial charge in [0.15, 0.2) is 0 Å². The standard InChI is InChI=1S/C18H18FNO2/c1-20(13-18(22)12-19)16-8-4-14(5-9-16)2-3-15-6-10-17(21)11-7-15/h4-11,18,21-22H,12-13H2,1H3. The van der Waals surface area contributed by atoms with Crippen LogP contribution in [0, 0.1) is 11.8 Å². The molecule has 114 valence electrons. The van der Waals surface area contributed by atoms with Crippen molar-refractivity contribution in [1.29, 1.82) is 0 Å². The molecule has 0 bridgehead atoms. The zero-order chi connectivity index (χ0) is 15.9. The van der Waals surface area contributed by atoms with Crippen molar-refractivity contribution in [1.82, 2.24) is 0 Å². The molecule has 0 radical (unpaired) electrons. The summed E-state index contributed by atoms with van der Waals surface area (Å²) in [6, 6.07) is 14.2. The lowest BCUT2D eigenvalue weighted by Gasteiger charge is -2.21. The molecule has 0 aliphatic heterocycles. The molecule has 2 aromatic rings. The fourth-order valence-electron chi connectivity index (χ4n) is 1.96. The van der Waals surface area contributed by atoms with Crippen molar-refractivity contribution >= 4 is 5.69 Å². The predicted octanol–water partition coefficient (Wildman–Crippen LogP) is 2.56. The van der Waals surface area contributed by atoms with Crippen molar-refractivity contribution in [3.63, 3.8) is 0 Å². The Bertz CT molecular complexity index is 656. The number of alkyl halides is 1. The highest BCUT2D eigenvalue weighted by atomic mass is 19.1. The average molecular weight is 299 g/mol. The van der Waals surface area contributed by atoms with Gasteiger partial charge in [0, 0.05) is 30.4 Å². The maximum atomic E-state index is 12.3. The summed E-state index contributed by atoms with van der Waals surface area (Å²) in [6.45, 7) is -0.504. The van der Waals surface area contributed by atoms with Crippen LogP contribution in [0.2, 0.25) is 0 Å². The molecule has 2 N–H and O–H groups in total. The molecule has 2 rings (SSSR count). The predicted molar refractivity (Wildman–Crippen MR) is 85.8 cm³/mol. The smallest absolute Gasteiger partial charge is 0.117 e. The number of anilines is 1. The number of rotatable bonds is 4. The molecule has 0 aromatic heterocycles. The summed E-state index contributed by atoms with van der Waals surface area (Å²) in [5, 5.41) is 18.5. The van der Waals surface area contributed by atoms with Gasteiger partial charge >= 0.3 is 0 Å². The molecule has 0 aliphatic carbocycles. The van der Waals surface area contributed by atoms with E-state index in [1.165, 1.54) is 0 Å². The average Bonchev–Trinajstić information content (AvgIpc) is 2.54. The summed E-state index contributed by atoms with van der Waals surface area (Å²) in [4.78, 5) is 1.79. The van der Waals surface area contributed by atoms with Crippen LogP contribution in [0.5, 0.6) is 5.75 Å². The largest absolute Gasteiger partial charge is 0.508 e. The van der Waals surface area contributed by atoms with E-state index < -0.39 is 12.8 Å². The van der Waals surface area contributed by atoms with E-state index in [2.05, 4.69) is 11.8 Å². The number of likely N-dealkylation sites (N-methyl/N-ethyl adjacent to an activating group) is 1. The lowest BCUT2D eigenvalue weighted by Crippen LogP contribution is -2.30. The zero-order valence-corrected chi connectivity index (χ0v) is 12.3. The van der Waals surface area contributed by atoms with Crippen molar-refractivity contribution in [2.45, 2.75) is 6.10 Å². The lowest BCUT2D eigenvalue weighted by molar-refractivity contribution is 0.146. The van der Waals surface area contributed by atoms with E-state index in [-0.39, 0.29) is 12.3 Å². The molecule has 0 fully saturated rings. The summed E-state index contributed by atoms with van der Waals surface area (Å²) in [6.07, 6.45) is -0.973. The zero-order valence-electron chi connectivity index (χ0n) is 12.3. The van der Waals surface area contributed by atoms with Crippen LogP contribution in [0.15, 0.2) is 48.5 Å². The number of benzene rings is 2. The molecule has 22 heavy (non-hydrogen) atoms. The number of aliphatic hydroxyl groups excluding tert-OH is 1. The van der Waals surface area contributed by atoms with Gasteiger partial charge in [0.1, 0.15) is 12.4 Å². The van der Waals surface area contributed by atoms with Crippen LogP contribution in [0.25, 0.3) is 0 Å². The van der Waals surface area contributed by atoms with Crippen LogP contribution < -0.4 is 4.90 Å². The Morgan fingerprint density at radius 2 is 1.50 bits per heavy atom. The topological polar surface area (TPSA) is 43.7 Å². The second kappa shape index (κ2) is 7.48.